The maximum absolute atomic E-state index is 13.3. The van der Waals surface area contributed by atoms with Crippen LogP contribution in [0.3, 0.4) is 0 Å². The molecule has 1 unspecified atom stereocenters. The van der Waals surface area contributed by atoms with E-state index in [1.165, 1.54) is 18.2 Å². The first-order valence-corrected chi connectivity index (χ1v) is 6.14. The van der Waals surface area contributed by atoms with E-state index in [1.54, 1.807) is 6.92 Å². The van der Waals surface area contributed by atoms with Crippen molar-refractivity contribution in [2.45, 2.75) is 13.0 Å². The summed E-state index contributed by atoms with van der Waals surface area (Å²) in [7, 11) is 0. The Kier molecular flexibility index (Phi) is 4.58. The van der Waals surface area contributed by atoms with Gasteiger partial charge >= 0.3 is 0 Å². The molecule has 0 radical (unpaired) electrons. The molecule has 1 aromatic heterocycles. The van der Waals surface area contributed by atoms with Crippen LogP contribution in [0.4, 0.5) is 4.39 Å². The van der Waals surface area contributed by atoms with Crippen LogP contribution in [0.25, 0.3) is 0 Å². The lowest BCUT2D eigenvalue weighted by atomic mass is 10.1. The first-order valence-electron chi connectivity index (χ1n) is 6.14. The van der Waals surface area contributed by atoms with Crippen LogP contribution in [-0.2, 0) is 0 Å². The number of halogens is 1. The number of hydrogen-bond donors (Lipinski definition) is 3. The maximum Gasteiger partial charge on any atom is 0.253 e. The number of benzene rings is 1. The minimum Gasteiger partial charge on any atom is -0.342 e. The first-order chi connectivity index (χ1) is 10.1. The molecule has 1 amide bonds. The van der Waals surface area contributed by atoms with E-state index in [4.69, 9.17) is 5.73 Å². The van der Waals surface area contributed by atoms with Crippen molar-refractivity contribution in [3.63, 3.8) is 0 Å². The van der Waals surface area contributed by atoms with Gasteiger partial charge in [-0.1, -0.05) is 17.1 Å². The fraction of sp³-hybridized carbons (Fsp3) is 0.231. The minimum atomic E-state index is -0.473. The van der Waals surface area contributed by atoms with Crippen LogP contribution >= 0.6 is 0 Å². The van der Waals surface area contributed by atoms with E-state index in [0.29, 0.717) is 5.82 Å². The van der Waals surface area contributed by atoms with Crippen molar-refractivity contribution in [1.29, 1.82) is 0 Å². The summed E-state index contributed by atoms with van der Waals surface area (Å²) >= 11 is 0. The van der Waals surface area contributed by atoms with E-state index in [-0.39, 0.29) is 17.7 Å². The lowest BCUT2D eigenvalue weighted by Crippen LogP contribution is -2.28. The van der Waals surface area contributed by atoms with Crippen LogP contribution in [0, 0.1) is 17.7 Å². The van der Waals surface area contributed by atoms with Gasteiger partial charge in [-0.3, -0.25) is 4.79 Å². The van der Waals surface area contributed by atoms with Crippen molar-refractivity contribution >= 4 is 5.91 Å². The molecule has 0 bridgehead atoms. The molecule has 0 saturated heterocycles. The highest BCUT2D eigenvalue weighted by atomic mass is 19.1. The SMILES string of the molecule is CC(NC(=O)c1ccc(F)cc1C#CCN)c1nn[nH]n1. The number of carbonyl (C=O) groups excluding carboxylic acids is 1. The summed E-state index contributed by atoms with van der Waals surface area (Å²) in [4.78, 5) is 12.2. The first kappa shape index (κ1) is 14.6. The van der Waals surface area contributed by atoms with Crippen LogP contribution in [0.15, 0.2) is 18.2 Å². The number of tetrazole rings is 1. The van der Waals surface area contributed by atoms with Crippen molar-refractivity contribution in [3.05, 3.63) is 41.0 Å². The zero-order chi connectivity index (χ0) is 15.2. The summed E-state index contributed by atoms with van der Waals surface area (Å²) < 4.78 is 13.3. The quantitative estimate of drug-likeness (QED) is 0.696. The highest BCUT2D eigenvalue weighted by molar-refractivity contribution is 5.96. The van der Waals surface area contributed by atoms with E-state index in [9.17, 15) is 9.18 Å². The molecular formula is C13H13FN6O. The number of aromatic amines is 1. The second-order valence-corrected chi connectivity index (χ2v) is 4.16. The van der Waals surface area contributed by atoms with Gasteiger partial charge in [-0.25, -0.2) is 4.39 Å². The largest absolute Gasteiger partial charge is 0.342 e. The highest BCUT2D eigenvalue weighted by Gasteiger charge is 2.17. The summed E-state index contributed by atoms with van der Waals surface area (Å²) in [6, 6.07) is 3.31. The van der Waals surface area contributed by atoms with Crippen LogP contribution in [0.1, 0.15) is 34.7 Å². The zero-order valence-corrected chi connectivity index (χ0v) is 11.2. The lowest BCUT2D eigenvalue weighted by Gasteiger charge is -2.11. The Balaban J connectivity index is 2.22. The third kappa shape index (κ3) is 3.61. The fourth-order valence-electron chi connectivity index (χ4n) is 1.66. The lowest BCUT2D eigenvalue weighted by molar-refractivity contribution is 0.0938. The topological polar surface area (TPSA) is 110 Å². The average Bonchev–Trinajstić information content (AvgIpc) is 2.99. The van der Waals surface area contributed by atoms with Crippen molar-refractivity contribution in [3.8, 4) is 11.8 Å². The van der Waals surface area contributed by atoms with Crippen molar-refractivity contribution < 1.29 is 9.18 Å². The van der Waals surface area contributed by atoms with E-state index in [1.807, 2.05) is 0 Å². The number of amides is 1. The monoisotopic (exact) mass is 288 g/mol. The van der Waals surface area contributed by atoms with Gasteiger partial charge in [0.15, 0.2) is 5.82 Å². The Labute approximate surface area is 120 Å². The van der Waals surface area contributed by atoms with Gasteiger partial charge in [0.05, 0.1) is 18.2 Å². The molecule has 0 aliphatic rings. The Hall–Kier alpha value is -2.79. The molecule has 0 aliphatic carbocycles. The Morgan fingerprint density at radius 1 is 1.57 bits per heavy atom. The van der Waals surface area contributed by atoms with Gasteiger partial charge < -0.3 is 11.1 Å². The van der Waals surface area contributed by atoms with Gasteiger partial charge in [-0.05, 0) is 25.1 Å². The number of nitrogens with zero attached hydrogens (tertiary/aromatic N) is 3. The molecule has 21 heavy (non-hydrogen) atoms. The molecule has 0 aliphatic heterocycles. The van der Waals surface area contributed by atoms with Gasteiger partial charge in [-0.2, -0.15) is 5.21 Å². The number of nitrogens with two attached hydrogens (primary N) is 1. The second kappa shape index (κ2) is 6.58. The number of nitrogens with one attached hydrogen (secondary N) is 2. The molecule has 7 nitrogen and oxygen atoms in total. The van der Waals surface area contributed by atoms with Gasteiger partial charge in [0.1, 0.15) is 5.82 Å². The predicted molar refractivity (Wildman–Crippen MR) is 72.4 cm³/mol. The molecular weight excluding hydrogens is 275 g/mol. The van der Waals surface area contributed by atoms with Gasteiger partial charge in [0.25, 0.3) is 5.91 Å². The molecule has 2 aromatic rings. The molecule has 1 heterocycles. The summed E-state index contributed by atoms with van der Waals surface area (Å²) in [6.07, 6.45) is 0. The summed E-state index contributed by atoms with van der Waals surface area (Å²) in [5, 5.41) is 16.0. The molecule has 1 atom stereocenters. The van der Waals surface area contributed by atoms with Gasteiger partial charge in [-0.15, -0.1) is 10.2 Å². The van der Waals surface area contributed by atoms with Crippen molar-refractivity contribution in [1.82, 2.24) is 25.9 Å². The Morgan fingerprint density at radius 3 is 3.05 bits per heavy atom. The molecule has 2 rings (SSSR count). The number of hydrogen-bond acceptors (Lipinski definition) is 5. The molecule has 0 saturated carbocycles. The van der Waals surface area contributed by atoms with Crippen LogP contribution < -0.4 is 11.1 Å². The van der Waals surface area contributed by atoms with E-state index < -0.39 is 17.8 Å². The molecule has 108 valence electrons. The molecule has 8 heteroatoms. The standard InChI is InChI=1S/C13H13FN6O/c1-8(12-17-19-20-18-12)16-13(21)11-5-4-10(14)7-9(11)3-2-6-15/h4-5,7-8H,6,15H2,1H3,(H,16,21)(H,17,18,19,20). The third-order valence-electron chi connectivity index (χ3n) is 2.65. The van der Waals surface area contributed by atoms with E-state index >= 15 is 0 Å². The molecule has 0 fully saturated rings. The van der Waals surface area contributed by atoms with Crippen molar-refractivity contribution in [2.75, 3.05) is 6.54 Å². The second-order valence-electron chi connectivity index (χ2n) is 4.16. The van der Waals surface area contributed by atoms with E-state index in [2.05, 4.69) is 37.8 Å². The maximum atomic E-state index is 13.3. The molecule has 4 N–H and O–H groups in total. The highest BCUT2D eigenvalue weighted by Crippen LogP contribution is 2.12. The smallest absolute Gasteiger partial charge is 0.253 e. The Bertz CT molecular complexity index is 688. The molecule has 1 aromatic carbocycles. The third-order valence-corrected chi connectivity index (χ3v) is 2.65. The van der Waals surface area contributed by atoms with Gasteiger partial charge in [0.2, 0.25) is 0 Å². The van der Waals surface area contributed by atoms with Crippen LogP contribution in [-0.4, -0.2) is 33.1 Å². The Morgan fingerprint density at radius 2 is 2.38 bits per heavy atom. The normalized spacial score (nSPS) is 11.4. The van der Waals surface area contributed by atoms with Gasteiger partial charge in [0, 0.05) is 5.56 Å². The summed E-state index contributed by atoms with van der Waals surface area (Å²) in [5.41, 5.74) is 5.82. The van der Waals surface area contributed by atoms with Crippen molar-refractivity contribution in [2.24, 2.45) is 5.73 Å². The minimum absolute atomic E-state index is 0.122. The number of aromatic nitrogens is 4. The summed E-state index contributed by atoms with van der Waals surface area (Å²) in [6.45, 7) is 1.83. The van der Waals surface area contributed by atoms with E-state index in [0.717, 1.165) is 0 Å². The number of rotatable bonds is 3. The summed E-state index contributed by atoms with van der Waals surface area (Å²) in [5.74, 6) is 4.74. The fourth-order valence-corrected chi connectivity index (χ4v) is 1.66. The van der Waals surface area contributed by atoms with Crippen LogP contribution in [0.5, 0.6) is 0 Å². The predicted octanol–water partition coefficient (Wildman–Crippen LogP) is 0.140. The zero-order valence-electron chi connectivity index (χ0n) is 11.2. The van der Waals surface area contributed by atoms with Crippen LogP contribution in [0.2, 0.25) is 0 Å². The average molecular weight is 288 g/mol. The number of carbonyl (C=O) groups is 1. The molecule has 0 spiro atoms. The number of H-pyrrole nitrogens is 1.